The Morgan fingerprint density at radius 2 is 1.64 bits per heavy atom. The van der Waals surface area contributed by atoms with E-state index in [1.165, 1.54) is 23.4 Å². The highest BCUT2D eigenvalue weighted by atomic mass is 19.1. The molecule has 0 spiro atoms. The second-order valence-corrected chi connectivity index (χ2v) is 6.56. The largest absolute Gasteiger partial charge is 0.369 e. The number of anilines is 1. The molecule has 4 rings (SSSR count). The van der Waals surface area contributed by atoms with Crippen molar-refractivity contribution in [2.45, 2.75) is 6.17 Å². The molecule has 2 aliphatic heterocycles. The minimum atomic E-state index is -0.179. The van der Waals surface area contributed by atoms with Crippen molar-refractivity contribution in [1.29, 1.82) is 0 Å². The van der Waals surface area contributed by atoms with E-state index >= 15 is 0 Å². The molecule has 2 aliphatic rings. The summed E-state index contributed by atoms with van der Waals surface area (Å²) in [5.41, 5.74) is 3.57. The average Bonchev–Trinajstić information content (AvgIpc) is 3.12. The lowest BCUT2D eigenvalue weighted by molar-refractivity contribution is 0.273. The summed E-state index contributed by atoms with van der Waals surface area (Å²) in [7, 11) is 0. The number of halogens is 1. The van der Waals surface area contributed by atoms with Crippen LogP contribution < -0.4 is 15.5 Å². The van der Waals surface area contributed by atoms with Crippen LogP contribution in [0.2, 0.25) is 0 Å². The molecule has 130 valence electrons. The predicted molar refractivity (Wildman–Crippen MR) is 98.6 cm³/mol. The first kappa shape index (κ1) is 16.0. The van der Waals surface area contributed by atoms with E-state index in [0.29, 0.717) is 0 Å². The van der Waals surface area contributed by atoms with Gasteiger partial charge in [-0.05, 0) is 29.8 Å². The Labute approximate surface area is 147 Å². The number of benzene rings is 2. The first-order chi connectivity index (χ1) is 12.3. The lowest BCUT2D eigenvalue weighted by Gasteiger charge is -2.36. The fraction of sp³-hybridized carbons (Fsp3) is 0.300. The molecule has 2 heterocycles. The summed E-state index contributed by atoms with van der Waals surface area (Å²) in [6.45, 7) is 4.87. The molecular formula is C20H23FN4. The number of hydrogen-bond donors (Lipinski definition) is 2. The van der Waals surface area contributed by atoms with Crippen LogP contribution >= 0.6 is 0 Å². The lowest BCUT2D eigenvalue weighted by atomic mass is 10.2. The molecule has 25 heavy (non-hydrogen) atoms. The van der Waals surface area contributed by atoms with Crippen LogP contribution in [0.1, 0.15) is 11.7 Å². The van der Waals surface area contributed by atoms with Gasteiger partial charge in [-0.3, -0.25) is 4.90 Å². The second kappa shape index (κ2) is 7.15. The smallest absolute Gasteiger partial charge is 0.123 e. The number of nitrogens with one attached hydrogen (secondary N) is 2. The molecule has 1 fully saturated rings. The molecule has 1 unspecified atom stereocenters. The van der Waals surface area contributed by atoms with Gasteiger partial charge in [0.05, 0.1) is 0 Å². The summed E-state index contributed by atoms with van der Waals surface area (Å²) in [5, 5.41) is 6.96. The van der Waals surface area contributed by atoms with Gasteiger partial charge < -0.3 is 15.5 Å². The molecule has 1 atom stereocenters. The van der Waals surface area contributed by atoms with Crippen LogP contribution in [0.4, 0.5) is 10.1 Å². The molecule has 5 heteroatoms. The van der Waals surface area contributed by atoms with Crippen molar-refractivity contribution >= 4 is 5.69 Å². The van der Waals surface area contributed by atoms with E-state index in [1.807, 2.05) is 18.2 Å². The summed E-state index contributed by atoms with van der Waals surface area (Å²) in [6.07, 6.45) is 2.25. The molecule has 2 N–H and O–H groups in total. The van der Waals surface area contributed by atoms with E-state index in [9.17, 15) is 4.39 Å². The van der Waals surface area contributed by atoms with Crippen LogP contribution in [0.25, 0.3) is 0 Å². The Hall–Kier alpha value is -2.53. The van der Waals surface area contributed by atoms with E-state index in [4.69, 9.17) is 0 Å². The van der Waals surface area contributed by atoms with Gasteiger partial charge in [0.25, 0.3) is 0 Å². The maximum atomic E-state index is 13.1. The van der Waals surface area contributed by atoms with Gasteiger partial charge in [0.1, 0.15) is 12.0 Å². The Kier molecular flexibility index (Phi) is 4.57. The van der Waals surface area contributed by atoms with Gasteiger partial charge >= 0.3 is 0 Å². The summed E-state index contributed by atoms with van der Waals surface area (Å²) in [6, 6.07) is 17.2. The van der Waals surface area contributed by atoms with Crippen molar-refractivity contribution in [2.75, 3.05) is 37.6 Å². The Morgan fingerprint density at radius 3 is 2.36 bits per heavy atom. The highest BCUT2D eigenvalue weighted by Gasteiger charge is 2.21. The van der Waals surface area contributed by atoms with Crippen molar-refractivity contribution < 1.29 is 4.39 Å². The second-order valence-electron chi connectivity index (χ2n) is 6.56. The van der Waals surface area contributed by atoms with Crippen LogP contribution in [0.5, 0.6) is 0 Å². The third-order valence-corrected chi connectivity index (χ3v) is 4.84. The lowest BCUT2D eigenvalue weighted by Crippen LogP contribution is -2.47. The summed E-state index contributed by atoms with van der Waals surface area (Å²) in [4.78, 5) is 4.77. The van der Waals surface area contributed by atoms with Gasteiger partial charge in [-0.25, -0.2) is 4.39 Å². The molecule has 1 saturated heterocycles. The molecule has 0 aliphatic carbocycles. The van der Waals surface area contributed by atoms with Crippen molar-refractivity contribution in [3.8, 4) is 0 Å². The molecule has 0 bridgehead atoms. The zero-order chi connectivity index (χ0) is 17.1. The van der Waals surface area contributed by atoms with Gasteiger partial charge in [0.15, 0.2) is 0 Å². The zero-order valence-electron chi connectivity index (χ0n) is 14.2. The van der Waals surface area contributed by atoms with Gasteiger partial charge in [-0.15, -0.1) is 0 Å². The van der Waals surface area contributed by atoms with E-state index < -0.39 is 0 Å². The Morgan fingerprint density at radius 1 is 0.920 bits per heavy atom. The fourth-order valence-corrected chi connectivity index (χ4v) is 3.43. The van der Waals surface area contributed by atoms with Crippen LogP contribution in [-0.4, -0.2) is 37.6 Å². The number of nitrogens with zero attached hydrogens (tertiary/aromatic N) is 2. The van der Waals surface area contributed by atoms with E-state index in [0.717, 1.165) is 38.4 Å². The van der Waals surface area contributed by atoms with E-state index in [1.54, 1.807) is 0 Å². The van der Waals surface area contributed by atoms with Crippen molar-refractivity contribution in [2.24, 2.45) is 0 Å². The standard InChI is InChI=1S/C20H23FN4/c21-17-6-8-19(9-7-17)25-12-10-24(11-13-25)15-18-14-22-20(23-18)16-4-2-1-3-5-16/h1-9,14,20,22-23H,10-13,15H2. The molecule has 0 saturated carbocycles. The van der Waals surface area contributed by atoms with Gasteiger partial charge in [-0.2, -0.15) is 0 Å². The monoisotopic (exact) mass is 338 g/mol. The van der Waals surface area contributed by atoms with Crippen LogP contribution in [0.3, 0.4) is 0 Å². The van der Waals surface area contributed by atoms with Gasteiger partial charge in [0, 0.05) is 50.3 Å². The highest BCUT2D eigenvalue weighted by molar-refractivity contribution is 5.46. The Bertz CT molecular complexity index is 721. The van der Waals surface area contributed by atoms with Crippen molar-refractivity contribution in [3.63, 3.8) is 0 Å². The van der Waals surface area contributed by atoms with Crippen molar-refractivity contribution in [3.05, 3.63) is 77.9 Å². The minimum Gasteiger partial charge on any atom is -0.369 e. The van der Waals surface area contributed by atoms with Gasteiger partial charge in [-0.1, -0.05) is 30.3 Å². The third kappa shape index (κ3) is 3.77. The number of rotatable bonds is 4. The fourth-order valence-electron chi connectivity index (χ4n) is 3.43. The van der Waals surface area contributed by atoms with Gasteiger partial charge in [0.2, 0.25) is 0 Å². The quantitative estimate of drug-likeness (QED) is 0.897. The molecule has 2 aromatic carbocycles. The maximum absolute atomic E-state index is 13.1. The van der Waals surface area contributed by atoms with E-state index in [-0.39, 0.29) is 12.0 Å². The topological polar surface area (TPSA) is 30.5 Å². The zero-order valence-corrected chi connectivity index (χ0v) is 14.2. The minimum absolute atomic E-state index is 0.164. The number of piperazine rings is 1. The predicted octanol–water partition coefficient (Wildman–Crippen LogP) is 2.68. The van der Waals surface area contributed by atoms with E-state index in [2.05, 4.69) is 50.9 Å². The molecule has 2 aromatic rings. The van der Waals surface area contributed by atoms with Crippen LogP contribution in [0.15, 0.2) is 66.5 Å². The maximum Gasteiger partial charge on any atom is 0.123 e. The molecular weight excluding hydrogens is 315 g/mol. The molecule has 0 radical (unpaired) electrons. The average molecular weight is 338 g/mol. The molecule has 0 amide bonds. The highest BCUT2D eigenvalue weighted by Crippen LogP contribution is 2.19. The van der Waals surface area contributed by atoms with Crippen LogP contribution in [0, 0.1) is 5.82 Å². The first-order valence-electron chi connectivity index (χ1n) is 8.77. The normalized spacial score (nSPS) is 20.8. The molecule has 0 aromatic heterocycles. The SMILES string of the molecule is Fc1ccc(N2CCN(CC3=CNC(c4ccccc4)N3)CC2)cc1. The Balaban J connectivity index is 1.27. The summed E-state index contributed by atoms with van der Waals surface area (Å²) >= 11 is 0. The van der Waals surface area contributed by atoms with Crippen molar-refractivity contribution in [1.82, 2.24) is 15.5 Å². The number of hydrogen-bond acceptors (Lipinski definition) is 4. The first-order valence-corrected chi connectivity index (χ1v) is 8.77. The molecule has 4 nitrogen and oxygen atoms in total. The summed E-state index contributed by atoms with van der Waals surface area (Å²) < 4.78 is 13.1. The summed E-state index contributed by atoms with van der Waals surface area (Å²) in [5.74, 6) is -0.179. The third-order valence-electron chi connectivity index (χ3n) is 4.84. The van der Waals surface area contributed by atoms with Crippen LogP contribution in [-0.2, 0) is 0 Å².